The molecule has 0 saturated carbocycles. The van der Waals surface area contributed by atoms with Crippen molar-refractivity contribution in [2.24, 2.45) is 0 Å². The van der Waals surface area contributed by atoms with Gasteiger partial charge in [0.15, 0.2) is 11.0 Å². The van der Waals surface area contributed by atoms with Gasteiger partial charge in [0.1, 0.15) is 5.82 Å². The molecule has 1 aromatic heterocycles. The van der Waals surface area contributed by atoms with Gasteiger partial charge < -0.3 is 15.4 Å². The summed E-state index contributed by atoms with van der Waals surface area (Å²) < 4.78 is 19.1. The Labute approximate surface area is 149 Å². The van der Waals surface area contributed by atoms with E-state index < -0.39 is 11.8 Å². The van der Waals surface area contributed by atoms with E-state index in [1.54, 1.807) is 18.2 Å². The van der Waals surface area contributed by atoms with E-state index >= 15 is 0 Å². The summed E-state index contributed by atoms with van der Waals surface area (Å²) in [7, 11) is 1.27. The van der Waals surface area contributed by atoms with Gasteiger partial charge in [0.25, 0.3) is 0 Å². The molecule has 8 heteroatoms. The molecule has 0 amide bonds. The van der Waals surface area contributed by atoms with Crippen molar-refractivity contribution in [3.05, 3.63) is 46.4 Å². The Kier molecular flexibility index (Phi) is 5.03. The molecule has 25 heavy (non-hydrogen) atoms. The highest BCUT2D eigenvalue weighted by Crippen LogP contribution is 2.33. The highest BCUT2D eigenvalue weighted by molar-refractivity contribution is 6.29. The zero-order valence-corrected chi connectivity index (χ0v) is 14.5. The summed E-state index contributed by atoms with van der Waals surface area (Å²) >= 11 is 5.92. The second-order valence-electron chi connectivity index (χ2n) is 5.95. The van der Waals surface area contributed by atoms with E-state index in [0.717, 1.165) is 19.4 Å². The van der Waals surface area contributed by atoms with Gasteiger partial charge in [-0.3, -0.25) is 0 Å². The van der Waals surface area contributed by atoms with Gasteiger partial charge in [0.2, 0.25) is 0 Å². The van der Waals surface area contributed by atoms with Crippen LogP contribution in [0.4, 0.5) is 15.9 Å². The van der Waals surface area contributed by atoms with Crippen LogP contribution in [-0.4, -0.2) is 36.4 Å². The molecule has 0 spiro atoms. The number of nitrogen functional groups attached to an aromatic ring is 1. The largest absolute Gasteiger partial charge is 0.465 e. The first-order valence-electron chi connectivity index (χ1n) is 7.91. The minimum atomic E-state index is -0.555. The SMILES string of the molecule is COC(=O)c1ccc([C@H]2CCCN(c3cc(Cl)nnc3N)C2)c(F)c1. The number of nitrogens with two attached hydrogens (primary N) is 1. The topological polar surface area (TPSA) is 81.3 Å². The fourth-order valence-electron chi connectivity index (χ4n) is 3.17. The fraction of sp³-hybridized carbons (Fsp3) is 0.353. The normalized spacial score (nSPS) is 17.4. The molecule has 132 valence electrons. The van der Waals surface area contributed by atoms with E-state index in [-0.39, 0.29) is 16.6 Å². The number of halogens is 2. The van der Waals surface area contributed by atoms with E-state index in [1.165, 1.54) is 13.2 Å². The minimum absolute atomic E-state index is 0.0215. The average Bonchev–Trinajstić information content (AvgIpc) is 2.63. The van der Waals surface area contributed by atoms with E-state index in [9.17, 15) is 9.18 Å². The third-order valence-corrected chi connectivity index (χ3v) is 4.58. The number of esters is 1. The van der Waals surface area contributed by atoms with Crippen LogP contribution in [0, 0.1) is 5.82 Å². The Morgan fingerprint density at radius 1 is 1.40 bits per heavy atom. The molecule has 0 bridgehead atoms. The number of benzene rings is 1. The fourth-order valence-corrected chi connectivity index (χ4v) is 3.32. The minimum Gasteiger partial charge on any atom is -0.465 e. The van der Waals surface area contributed by atoms with Crippen LogP contribution in [0.25, 0.3) is 0 Å². The van der Waals surface area contributed by atoms with Crippen molar-refractivity contribution in [1.29, 1.82) is 0 Å². The third kappa shape index (κ3) is 3.66. The smallest absolute Gasteiger partial charge is 0.337 e. The van der Waals surface area contributed by atoms with Gasteiger partial charge in [-0.25, -0.2) is 9.18 Å². The number of nitrogens with zero attached hydrogens (tertiary/aromatic N) is 3. The van der Waals surface area contributed by atoms with Gasteiger partial charge in [-0.1, -0.05) is 17.7 Å². The van der Waals surface area contributed by atoms with Gasteiger partial charge >= 0.3 is 5.97 Å². The van der Waals surface area contributed by atoms with Crippen molar-refractivity contribution in [3.63, 3.8) is 0 Å². The van der Waals surface area contributed by atoms with Crippen LogP contribution in [0.3, 0.4) is 0 Å². The lowest BCUT2D eigenvalue weighted by Crippen LogP contribution is -2.35. The summed E-state index contributed by atoms with van der Waals surface area (Å²) in [5, 5.41) is 7.82. The van der Waals surface area contributed by atoms with Crippen molar-refractivity contribution in [1.82, 2.24) is 10.2 Å². The summed E-state index contributed by atoms with van der Waals surface area (Å²) in [6, 6.07) is 6.13. The average molecular weight is 365 g/mol. The summed E-state index contributed by atoms with van der Waals surface area (Å²) in [6.45, 7) is 1.37. The number of methoxy groups -OCH3 is 1. The Balaban J connectivity index is 1.84. The molecule has 0 radical (unpaired) electrons. The van der Waals surface area contributed by atoms with E-state index in [1.807, 2.05) is 4.90 Å². The van der Waals surface area contributed by atoms with Crippen LogP contribution < -0.4 is 10.6 Å². The Bertz CT molecular complexity index is 802. The lowest BCUT2D eigenvalue weighted by molar-refractivity contribution is 0.0600. The van der Waals surface area contributed by atoms with Gasteiger partial charge in [0, 0.05) is 25.1 Å². The molecule has 2 heterocycles. The van der Waals surface area contributed by atoms with Crippen molar-refractivity contribution in [2.45, 2.75) is 18.8 Å². The molecule has 2 aromatic rings. The van der Waals surface area contributed by atoms with Crippen molar-refractivity contribution < 1.29 is 13.9 Å². The van der Waals surface area contributed by atoms with E-state index in [2.05, 4.69) is 14.9 Å². The quantitative estimate of drug-likeness (QED) is 0.843. The number of carbonyl (C=O) groups is 1. The summed E-state index contributed by atoms with van der Waals surface area (Å²) in [5.41, 5.74) is 7.38. The molecule has 6 nitrogen and oxygen atoms in total. The first-order chi connectivity index (χ1) is 12.0. The molecule has 1 atom stereocenters. The van der Waals surface area contributed by atoms with Crippen LogP contribution in [0.2, 0.25) is 5.15 Å². The Morgan fingerprint density at radius 3 is 2.92 bits per heavy atom. The predicted molar refractivity (Wildman–Crippen MR) is 93.4 cm³/mol. The molecule has 1 aromatic carbocycles. The monoisotopic (exact) mass is 364 g/mol. The van der Waals surface area contributed by atoms with Crippen LogP contribution in [0.15, 0.2) is 24.3 Å². The third-order valence-electron chi connectivity index (χ3n) is 4.39. The van der Waals surface area contributed by atoms with Gasteiger partial charge in [-0.05, 0) is 30.5 Å². The second kappa shape index (κ2) is 7.23. The highest BCUT2D eigenvalue weighted by atomic mass is 35.5. The molecule has 3 rings (SSSR count). The molecule has 1 fully saturated rings. The standard InChI is InChI=1S/C17H18ClFN4O2/c1-25-17(24)10-4-5-12(13(19)7-10)11-3-2-6-23(9-11)14-8-15(18)21-22-16(14)20/h4-5,7-8,11H,2-3,6,9H2,1H3,(H2,20,22)/t11-/m0/s1. The van der Waals surface area contributed by atoms with Gasteiger partial charge in [0.05, 0.1) is 18.4 Å². The number of rotatable bonds is 3. The number of aromatic nitrogens is 2. The molecule has 0 unspecified atom stereocenters. The Hall–Kier alpha value is -2.41. The molecular weight excluding hydrogens is 347 g/mol. The molecule has 1 aliphatic heterocycles. The molecule has 1 aliphatic rings. The van der Waals surface area contributed by atoms with Crippen molar-refractivity contribution in [2.75, 3.05) is 30.8 Å². The molecule has 2 N–H and O–H groups in total. The Morgan fingerprint density at radius 2 is 2.20 bits per heavy atom. The summed E-state index contributed by atoms with van der Waals surface area (Å²) in [6.07, 6.45) is 1.72. The maximum absolute atomic E-state index is 14.5. The summed E-state index contributed by atoms with van der Waals surface area (Å²) in [4.78, 5) is 13.6. The maximum Gasteiger partial charge on any atom is 0.337 e. The maximum atomic E-state index is 14.5. The molecule has 0 aliphatic carbocycles. The van der Waals surface area contributed by atoms with Gasteiger partial charge in [-0.2, -0.15) is 0 Å². The van der Waals surface area contributed by atoms with Crippen LogP contribution in [-0.2, 0) is 4.74 Å². The lowest BCUT2D eigenvalue weighted by Gasteiger charge is -2.35. The van der Waals surface area contributed by atoms with Crippen LogP contribution in [0.5, 0.6) is 0 Å². The van der Waals surface area contributed by atoms with Crippen molar-refractivity contribution >= 4 is 29.1 Å². The molecular formula is C17H18ClFN4O2. The number of anilines is 2. The van der Waals surface area contributed by atoms with Crippen molar-refractivity contribution in [3.8, 4) is 0 Å². The van der Waals surface area contributed by atoms with Crippen LogP contribution >= 0.6 is 11.6 Å². The predicted octanol–water partition coefficient (Wildman–Crippen LogP) is 3.02. The zero-order chi connectivity index (χ0) is 18.0. The second-order valence-corrected chi connectivity index (χ2v) is 6.34. The highest BCUT2D eigenvalue weighted by Gasteiger charge is 2.26. The van der Waals surface area contributed by atoms with E-state index in [0.29, 0.717) is 23.6 Å². The molecule has 1 saturated heterocycles. The van der Waals surface area contributed by atoms with Crippen LogP contribution in [0.1, 0.15) is 34.7 Å². The summed E-state index contributed by atoms with van der Waals surface area (Å²) in [5.74, 6) is -0.687. The number of hydrogen-bond acceptors (Lipinski definition) is 6. The van der Waals surface area contributed by atoms with Gasteiger partial charge in [-0.15, -0.1) is 10.2 Å². The first kappa shape index (κ1) is 17.4. The first-order valence-corrected chi connectivity index (χ1v) is 8.28. The number of ether oxygens (including phenoxy) is 1. The number of carbonyl (C=O) groups excluding carboxylic acids is 1. The number of hydrogen-bond donors (Lipinski definition) is 1. The number of piperidine rings is 1. The van der Waals surface area contributed by atoms with E-state index in [4.69, 9.17) is 17.3 Å². The lowest BCUT2D eigenvalue weighted by atomic mass is 9.89. The zero-order valence-electron chi connectivity index (χ0n) is 13.7.